The number of pyridine rings is 3. The molecule has 4 aromatic rings. The number of benzene rings is 1. The number of allylic oxidation sites excluding steroid dienone is 3. The zero-order chi connectivity index (χ0) is 43.9. The first-order valence-corrected chi connectivity index (χ1v) is 22.2. The molecule has 0 amide bonds. The topological polar surface area (TPSA) is 115 Å². The van der Waals surface area contributed by atoms with E-state index in [9.17, 15) is 14.7 Å². The molecule has 3 aliphatic rings. The number of ether oxygens (including phenoxy) is 2. The lowest BCUT2D eigenvalue weighted by Gasteiger charge is -2.44. The Balaban J connectivity index is 0.000000192. The highest BCUT2D eigenvalue weighted by molar-refractivity contribution is 6.30. The first-order valence-electron chi connectivity index (χ1n) is 21.9. The summed E-state index contributed by atoms with van der Waals surface area (Å²) < 4.78 is 11.6. The van der Waals surface area contributed by atoms with Crippen LogP contribution in [0.3, 0.4) is 0 Å². The molecule has 9 nitrogen and oxygen atoms in total. The van der Waals surface area contributed by atoms with Crippen molar-refractivity contribution in [3.05, 3.63) is 138 Å². The van der Waals surface area contributed by atoms with E-state index in [0.29, 0.717) is 30.1 Å². The third-order valence-electron chi connectivity index (χ3n) is 12.1. The Labute approximate surface area is 368 Å². The van der Waals surface area contributed by atoms with Gasteiger partial charge in [-0.3, -0.25) is 24.5 Å². The van der Waals surface area contributed by atoms with Crippen molar-refractivity contribution >= 4 is 23.5 Å². The number of hydrogen-bond donors (Lipinski definition) is 1. The van der Waals surface area contributed by atoms with Crippen molar-refractivity contribution < 1.29 is 24.2 Å². The molecule has 0 bridgehead atoms. The van der Waals surface area contributed by atoms with Crippen LogP contribution in [0, 0.1) is 29.1 Å². The van der Waals surface area contributed by atoms with Crippen molar-refractivity contribution in [1.29, 1.82) is 0 Å². The number of aromatic nitrogens is 3. The number of hydrogen-bond acceptors (Lipinski definition) is 9. The molecule has 0 radical (unpaired) electrons. The molecule has 3 aromatic heterocycles. The molecule has 4 heterocycles. The molecule has 1 aromatic carbocycles. The predicted molar refractivity (Wildman–Crippen MR) is 244 cm³/mol. The van der Waals surface area contributed by atoms with Gasteiger partial charge in [-0.2, -0.15) is 0 Å². The van der Waals surface area contributed by atoms with Crippen molar-refractivity contribution in [2.75, 3.05) is 20.6 Å². The normalized spacial score (nSPS) is 23.8. The molecule has 61 heavy (non-hydrogen) atoms. The average Bonchev–Trinajstić information content (AvgIpc) is 3.25. The monoisotopic (exact) mass is 848 g/mol. The smallest absolute Gasteiger partial charge is 0.311 e. The second-order valence-corrected chi connectivity index (χ2v) is 18.1. The number of carbonyl (C=O) groups is 2. The molecule has 0 unspecified atom stereocenters. The fourth-order valence-electron chi connectivity index (χ4n) is 8.26. The van der Waals surface area contributed by atoms with E-state index in [2.05, 4.69) is 84.2 Å². The van der Waals surface area contributed by atoms with Gasteiger partial charge in [0.2, 0.25) is 0 Å². The summed E-state index contributed by atoms with van der Waals surface area (Å²) in [5, 5.41) is 10.7. The molecule has 7 rings (SSSR count). The van der Waals surface area contributed by atoms with Gasteiger partial charge in [-0.1, -0.05) is 80.9 Å². The van der Waals surface area contributed by atoms with Crippen LogP contribution in [-0.2, 0) is 19.1 Å². The maximum absolute atomic E-state index is 12.9. The molecule has 10 heteroatoms. The fraction of sp³-hybridized carbons (Fsp3) is 0.471. The number of esters is 2. The Kier molecular flexibility index (Phi) is 17.8. The summed E-state index contributed by atoms with van der Waals surface area (Å²) in [7, 11) is 4.19. The fourth-order valence-corrected chi connectivity index (χ4v) is 8.38. The second kappa shape index (κ2) is 22.9. The van der Waals surface area contributed by atoms with Crippen LogP contribution in [0.15, 0.2) is 121 Å². The van der Waals surface area contributed by atoms with Gasteiger partial charge in [0.1, 0.15) is 12.2 Å². The lowest BCUT2D eigenvalue weighted by Crippen LogP contribution is -2.43. The van der Waals surface area contributed by atoms with Gasteiger partial charge in [0, 0.05) is 47.6 Å². The largest absolute Gasteiger partial charge is 0.462 e. The van der Waals surface area contributed by atoms with E-state index in [-0.39, 0.29) is 36.5 Å². The van der Waals surface area contributed by atoms with E-state index in [4.69, 9.17) is 21.1 Å². The molecule has 1 fully saturated rings. The summed E-state index contributed by atoms with van der Waals surface area (Å²) in [6.07, 6.45) is 16.1. The minimum absolute atomic E-state index is 0.0949. The molecule has 1 N–H and O–H groups in total. The Bertz CT molecular complexity index is 1970. The third-order valence-corrected chi connectivity index (χ3v) is 12.4. The summed E-state index contributed by atoms with van der Waals surface area (Å²) in [6.45, 7) is 11.3. The minimum atomic E-state index is -0.601. The zero-order valence-corrected chi connectivity index (χ0v) is 37.7. The SMILES string of the molecule is CCC(C)(C)C(=O)O[C@H]1C[C@@H](C)C=C2C=C[C@H](C)[C@H](CC[C@@H]3C[C@@H](O)CC(=O)O3)[C@H]21.CN(C)CC[C@@H](c1ccc(Cl)cc1)c1ccccn1.c1ccc(-c2ccccn2)nc1. The summed E-state index contributed by atoms with van der Waals surface area (Å²) >= 11 is 5.97. The van der Waals surface area contributed by atoms with Crippen molar-refractivity contribution in [1.82, 2.24) is 19.9 Å². The number of aliphatic hydroxyl groups excluding tert-OH is 1. The van der Waals surface area contributed by atoms with Crippen LogP contribution < -0.4 is 0 Å². The number of cyclic esters (lactones) is 1. The van der Waals surface area contributed by atoms with E-state index >= 15 is 0 Å². The first kappa shape index (κ1) is 47.4. The standard InChI is InChI=1S/C25H38O5.C16H19ClN2.C10H8N2/c1-6-25(4,5)24(28)30-21-12-15(2)11-17-8-7-16(3)20(23(17)21)10-9-19-13-18(26)14-22(27)29-19;1-19(2)12-10-15(16-5-3-4-11-18-16)13-6-8-14(17)9-7-13;1-3-7-11-9(5-1)10-6-2-4-8-12-10/h7-8,11,15-16,18-21,23,26H,6,9-10,12-14H2,1-5H3;3-9,11,15H,10,12H2,1-2H3;1-8H/t15-,16-,18+,19+,20-,21-,23-;15-;/m00./s1. The van der Waals surface area contributed by atoms with Crippen LogP contribution in [-0.4, -0.2) is 75.8 Å². The van der Waals surface area contributed by atoms with Crippen LogP contribution >= 0.6 is 11.6 Å². The molecular formula is C51H65ClN4O5. The van der Waals surface area contributed by atoms with Crippen molar-refractivity contribution in [2.45, 2.75) is 104 Å². The van der Waals surface area contributed by atoms with Gasteiger partial charge in [-0.15, -0.1) is 0 Å². The van der Waals surface area contributed by atoms with Crippen molar-refractivity contribution in [3.63, 3.8) is 0 Å². The molecule has 326 valence electrons. The maximum Gasteiger partial charge on any atom is 0.311 e. The number of fused-ring (bicyclic) bond motifs is 1. The highest BCUT2D eigenvalue weighted by Gasteiger charge is 2.43. The third kappa shape index (κ3) is 14.2. The summed E-state index contributed by atoms with van der Waals surface area (Å²) in [4.78, 5) is 39.6. The van der Waals surface area contributed by atoms with E-state index in [1.807, 2.05) is 87.6 Å². The molecule has 2 aliphatic carbocycles. The lowest BCUT2D eigenvalue weighted by molar-refractivity contribution is -0.166. The number of rotatable bonds is 12. The molecule has 8 atom stereocenters. The zero-order valence-electron chi connectivity index (χ0n) is 37.0. The maximum atomic E-state index is 12.9. The number of nitrogens with zero attached hydrogens (tertiary/aromatic N) is 4. The van der Waals surface area contributed by atoms with E-state index in [1.54, 1.807) is 12.4 Å². The van der Waals surface area contributed by atoms with Crippen LogP contribution in [0.4, 0.5) is 0 Å². The average molecular weight is 850 g/mol. The number of carbonyl (C=O) groups excluding carboxylic acids is 2. The Morgan fingerprint density at radius 3 is 2.11 bits per heavy atom. The van der Waals surface area contributed by atoms with Gasteiger partial charge in [-0.25, -0.2) is 0 Å². The van der Waals surface area contributed by atoms with Gasteiger partial charge in [-0.05, 0) is 144 Å². The minimum Gasteiger partial charge on any atom is -0.462 e. The van der Waals surface area contributed by atoms with Gasteiger partial charge in [0.05, 0.1) is 29.3 Å². The molecular weight excluding hydrogens is 784 g/mol. The van der Waals surface area contributed by atoms with Crippen LogP contribution in [0.2, 0.25) is 5.02 Å². The Hall–Kier alpha value is -4.70. The summed E-state index contributed by atoms with van der Waals surface area (Å²) in [5.74, 6) is 1.10. The van der Waals surface area contributed by atoms with Crippen molar-refractivity contribution in [2.24, 2.45) is 29.1 Å². The highest BCUT2D eigenvalue weighted by Crippen LogP contribution is 2.46. The second-order valence-electron chi connectivity index (χ2n) is 17.6. The van der Waals surface area contributed by atoms with E-state index < -0.39 is 11.5 Å². The lowest BCUT2D eigenvalue weighted by atomic mass is 9.65. The number of halogens is 1. The Morgan fingerprint density at radius 2 is 1.56 bits per heavy atom. The number of aliphatic hydroxyl groups is 1. The summed E-state index contributed by atoms with van der Waals surface area (Å²) in [6, 6.07) is 25.8. The van der Waals surface area contributed by atoms with E-state index in [1.165, 1.54) is 11.1 Å². The molecule has 0 saturated carbocycles. The predicted octanol–water partition coefficient (Wildman–Crippen LogP) is 10.5. The molecule has 1 aliphatic heterocycles. The summed E-state index contributed by atoms with van der Waals surface area (Å²) in [5.41, 5.74) is 5.00. The quantitative estimate of drug-likeness (QED) is 0.139. The van der Waals surface area contributed by atoms with Gasteiger partial charge < -0.3 is 19.5 Å². The van der Waals surface area contributed by atoms with Crippen molar-refractivity contribution in [3.8, 4) is 11.4 Å². The van der Waals surface area contributed by atoms with Crippen LogP contribution in [0.1, 0.15) is 96.7 Å². The van der Waals surface area contributed by atoms with E-state index in [0.717, 1.165) is 60.8 Å². The first-order chi connectivity index (χ1) is 29.2. The highest BCUT2D eigenvalue weighted by atomic mass is 35.5. The van der Waals surface area contributed by atoms with Crippen LogP contribution in [0.25, 0.3) is 11.4 Å². The van der Waals surface area contributed by atoms with Crippen LogP contribution in [0.5, 0.6) is 0 Å². The van der Waals surface area contributed by atoms with Gasteiger partial charge in [0.15, 0.2) is 0 Å². The van der Waals surface area contributed by atoms with Gasteiger partial charge >= 0.3 is 11.9 Å². The molecule has 0 spiro atoms. The van der Waals surface area contributed by atoms with Gasteiger partial charge in [0.25, 0.3) is 0 Å². The molecule has 1 saturated heterocycles. The Morgan fingerprint density at radius 1 is 0.918 bits per heavy atom.